The molecule has 1 aromatic heterocycles. The van der Waals surface area contributed by atoms with Gasteiger partial charge in [0.1, 0.15) is 17.2 Å². The van der Waals surface area contributed by atoms with Crippen molar-refractivity contribution in [2.45, 2.75) is 125 Å². The van der Waals surface area contributed by atoms with Crippen LogP contribution in [0.25, 0.3) is 0 Å². The fourth-order valence-electron chi connectivity index (χ4n) is 8.89. The number of rotatable bonds is 14. The Labute approximate surface area is 320 Å². The van der Waals surface area contributed by atoms with Crippen LogP contribution in [0.2, 0.25) is 0 Å². The zero-order valence-electron chi connectivity index (χ0n) is 31.4. The molecule has 4 atom stereocenters. The van der Waals surface area contributed by atoms with E-state index in [1.165, 1.54) is 53.9 Å². The lowest BCUT2D eigenvalue weighted by atomic mass is 9.60. The fourth-order valence-corrected chi connectivity index (χ4v) is 10.2. The van der Waals surface area contributed by atoms with Gasteiger partial charge >= 0.3 is 0 Å². The van der Waals surface area contributed by atoms with Gasteiger partial charge in [-0.25, -0.2) is 17.8 Å². The number of hydrogen-bond acceptors (Lipinski definition) is 11. The van der Waals surface area contributed by atoms with Crippen molar-refractivity contribution < 1.29 is 42.2 Å². The van der Waals surface area contributed by atoms with Crippen molar-refractivity contribution in [1.82, 2.24) is 29.9 Å². The van der Waals surface area contributed by atoms with Crippen LogP contribution in [0, 0.1) is 11.3 Å². The molecule has 4 aliphatic rings. The largest absolute Gasteiger partial charge is 0.384 e. The van der Waals surface area contributed by atoms with Crippen LogP contribution in [0.1, 0.15) is 113 Å². The number of benzene rings is 1. The number of Topliss-reactive ketones (excluding diaryl/α,β-unsaturated/α-hetero) is 1. The number of aliphatic hydroxyl groups is 1. The van der Waals surface area contributed by atoms with E-state index < -0.39 is 68.1 Å². The van der Waals surface area contributed by atoms with E-state index in [4.69, 9.17) is 16.2 Å². The van der Waals surface area contributed by atoms with Crippen molar-refractivity contribution in [3.63, 3.8) is 0 Å². The molecule has 55 heavy (non-hydrogen) atoms. The van der Waals surface area contributed by atoms with Crippen molar-refractivity contribution >= 4 is 39.4 Å². The minimum atomic E-state index is -3.78. The van der Waals surface area contributed by atoms with Gasteiger partial charge in [0.25, 0.3) is 11.8 Å². The molecule has 2 saturated carbocycles. The monoisotopic (exact) mass is 784 g/mol. The maximum atomic E-state index is 15.3. The summed E-state index contributed by atoms with van der Waals surface area (Å²) in [5.41, 5.74) is 6.94. The molecule has 0 bridgehead atoms. The standard InChI is InChI=1S/C37H52N8O9S/c1-35(2,51)29-21-40-43-45(29)26-20-37(34(39)50,36(30(46)31(38)47)15-6-17-54-18-16-36)44(22-26)33(49)28(19-23-7-4-3-5-8-23)41-32(48)24-9-13-27(14-10-24)55(52,53)42-25-11-12-25/h9-10,13-14,21,23,25-26,28,42,51H,3-8,11-12,15-20,22H2,1-2H3,(H2,38,47)(H2,39,50)(H,41,48)/t26?,28-,36-,37?/m1/s1. The Morgan fingerprint density at radius 3 is 2.31 bits per heavy atom. The zero-order valence-corrected chi connectivity index (χ0v) is 32.2. The summed E-state index contributed by atoms with van der Waals surface area (Å²) in [5, 5.41) is 22.1. The van der Waals surface area contributed by atoms with E-state index >= 15 is 4.79 Å². The van der Waals surface area contributed by atoms with Crippen LogP contribution in [-0.2, 0) is 39.5 Å². The highest BCUT2D eigenvalue weighted by Crippen LogP contribution is 2.54. The first kappa shape index (κ1) is 40.4. The minimum absolute atomic E-state index is 0.00420. The van der Waals surface area contributed by atoms with Crippen LogP contribution in [0.15, 0.2) is 35.4 Å². The highest BCUT2D eigenvalue weighted by atomic mass is 32.2. The lowest BCUT2D eigenvalue weighted by Crippen LogP contribution is -2.71. The number of nitrogens with zero attached hydrogens (tertiary/aromatic N) is 4. The van der Waals surface area contributed by atoms with Crippen molar-refractivity contribution in [3.05, 3.63) is 41.7 Å². The highest BCUT2D eigenvalue weighted by molar-refractivity contribution is 7.89. The van der Waals surface area contributed by atoms with Gasteiger partial charge in [-0.3, -0.25) is 24.0 Å². The Bertz CT molecular complexity index is 1890. The lowest BCUT2D eigenvalue weighted by molar-refractivity contribution is -0.163. The molecule has 2 aliphatic carbocycles. The number of aromatic nitrogens is 3. The van der Waals surface area contributed by atoms with Gasteiger partial charge < -0.3 is 31.5 Å². The molecule has 0 spiro atoms. The number of sulfonamides is 1. The first-order valence-electron chi connectivity index (χ1n) is 19.1. The third-order valence-corrected chi connectivity index (χ3v) is 13.4. The minimum Gasteiger partial charge on any atom is -0.384 e. The van der Waals surface area contributed by atoms with Crippen LogP contribution in [-0.4, -0.2) is 100 Å². The van der Waals surface area contributed by atoms with E-state index in [1.54, 1.807) is 0 Å². The second kappa shape index (κ2) is 15.7. The molecule has 2 aliphatic heterocycles. The Kier molecular flexibility index (Phi) is 11.5. The van der Waals surface area contributed by atoms with E-state index in [0.717, 1.165) is 44.9 Å². The predicted molar refractivity (Wildman–Crippen MR) is 196 cm³/mol. The number of primary amides is 2. The average Bonchev–Trinajstić information content (AvgIpc) is 3.71. The molecule has 1 aromatic carbocycles. The third-order valence-electron chi connectivity index (χ3n) is 11.8. The SMILES string of the molecule is CC(C)(O)c1cnnn1C1CN(C(=O)[C@@H](CC2CCCCC2)NC(=O)c2ccc(S(=O)(=O)NC3CC3)cc2)C(C(N)=O)([C@]2(C(=O)C(N)=O)CCCOCC2)C1. The van der Waals surface area contributed by atoms with Crippen molar-refractivity contribution in [3.8, 4) is 0 Å². The van der Waals surface area contributed by atoms with Crippen LogP contribution in [0.4, 0.5) is 0 Å². The molecule has 4 amide bonds. The number of amides is 4. The summed E-state index contributed by atoms with van der Waals surface area (Å²) in [5.74, 6) is -4.70. The van der Waals surface area contributed by atoms with Crippen molar-refractivity contribution in [1.29, 1.82) is 0 Å². The molecule has 17 nitrogen and oxygen atoms in total. The average molecular weight is 785 g/mol. The van der Waals surface area contributed by atoms with Crippen LogP contribution in [0.3, 0.4) is 0 Å². The lowest BCUT2D eigenvalue weighted by Gasteiger charge is -2.49. The van der Waals surface area contributed by atoms with E-state index in [9.17, 15) is 32.7 Å². The van der Waals surface area contributed by atoms with Gasteiger partial charge in [-0.15, -0.1) is 5.10 Å². The van der Waals surface area contributed by atoms with Crippen LogP contribution >= 0.6 is 0 Å². The van der Waals surface area contributed by atoms with Crippen molar-refractivity contribution in [2.75, 3.05) is 19.8 Å². The summed E-state index contributed by atoms with van der Waals surface area (Å²) >= 11 is 0. The number of nitrogens with two attached hydrogens (primary N) is 2. The first-order chi connectivity index (χ1) is 26.0. The predicted octanol–water partition coefficient (Wildman–Crippen LogP) is 0.954. The summed E-state index contributed by atoms with van der Waals surface area (Å²) in [6.07, 6.45) is 7.39. The molecule has 2 unspecified atom stereocenters. The molecule has 2 saturated heterocycles. The molecule has 4 fully saturated rings. The van der Waals surface area contributed by atoms with Crippen molar-refractivity contribution in [2.24, 2.45) is 22.8 Å². The van der Waals surface area contributed by atoms with Gasteiger partial charge in [0, 0.05) is 37.8 Å². The number of nitrogens with one attached hydrogen (secondary N) is 2. The topological polar surface area (TPSA) is 259 Å². The number of ketones is 1. The Balaban J connectivity index is 1.43. The normalized spacial score (nSPS) is 25.9. The second-order valence-electron chi connectivity index (χ2n) is 16.1. The van der Waals surface area contributed by atoms with Gasteiger partial charge in [0.05, 0.1) is 28.2 Å². The van der Waals surface area contributed by atoms with E-state index in [0.29, 0.717) is 0 Å². The Morgan fingerprint density at radius 1 is 1.00 bits per heavy atom. The molecular weight excluding hydrogens is 733 g/mol. The molecule has 3 heterocycles. The molecule has 7 N–H and O–H groups in total. The van der Waals surface area contributed by atoms with Crippen LogP contribution in [0.5, 0.6) is 0 Å². The Hall–Kier alpha value is -4.26. The maximum Gasteiger partial charge on any atom is 0.285 e. The van der Waals surface area contributed by atoms with Gasteiger partial charge in [-0.2, -0.15) is 0 Å². The van der Waals surface area contributed by atoms with Gasteiger partial charge in [-0.1, -0.05) is 37.3 Å². The third kappa shape index (κ3) is 8.04. The molecule has 300 valence electrons. The number of hydrogen-bond donors (Lipinski definition) is 5. The summed E-state index contributed by atoms with van der Waals surface area (Å²) < 4.78 is 35.3. The number of carbonyl (C=O) groups excluding carboxylic acids is 5. The number of ether oxygens (including phenoxy) is 1. The summed E-state index contributed by atoms with van der Waals surface area (Å²) in [6.45, 7) is 3.03. The molecule has 18 heteroatoms. The molecule has 6 rings (SSSR count). The van der Waals surface area contributed by atoms with E-state index in [2.05, 4.69) is 20.4 Å². The Morgan fingerprint density at radius 2 is 1.69 bits per heavy atom. The smallest absolute Gasteiger partial charge is 0.285 e. The summed E-state index contributed by atoms with van der Waals surface area (Å²) in [7, 11) is -3.78. The highest BCUT2D eigenvalue weighted by Gasteiger charge is 2.68. The van der Waals surface area contributed by atoms with Gasteiger partial charge in [0.15, 0.2) is 0 Å². The zero-order chi connectivity index (χ0) is 39.8. The quantitative estimate of drug-likeness (QED) is 0.169. The van der Waals surface area contributed by atoms with Gasteiger partial charge in [-0.05, 0) is 82.6 Å². The van der Waals surface area contributed by atoms with E-state index in [1.807, 2.05) is 0 Å². The van der Waals surface area contributed by atoms with Crippen LogP contribution < -0.4 is 21.5 Å². The maximum absolute atomic E-state index is 15.3. The molecule has 0 radical (unpaired) electrons. The molecular formula is C37H52N8O9S. The first-order valence-corrected chi connectivity index (χ1v) is 20.6. The molecule has 2 aromatic rings. The summed E-state index contributed by atoms with van der Waals surface area (Å²) in [4.78, 5) is 71.8. The second-order valence-corrected chi connectivity index (χ2v) is 17.8. The van der Waals surface area contributed by atoms with E-state index in [-0.39, 0.29) is 80.0 Å². The number of carbonyl (C=O) groups is 5. The summed E-state index contributed by atoms with van der Waals surface area (Å²) in [6, 6.07) is 3.21. The fraction of sp³-hybridized carbons (Fsp3) is 0.649. The number of likely N-dealkylation sites (tertiary alicyclic amines) is 1. The van der Waals surface area contributed by atoms with Gasteiger partial charge in [0.2, 0.25) is 27.6 Å².